The van der Waals surface area contributed by atoms with Gasteiger partial charge in [-0.2, -0.15) is 0 Å². The molecule has 0 saturated carbocycles. The first kappa shape index (κ1) is 21.2. The smallest absolute Gasteiger partial charge is 0.193 e. The fourth-order valence-electron chi connectivity index (χ4n) is 4.16. The molecule has 1 N–H and O–H groups in total. The monoisotopic (exact) mass is 484 g/mol. The molecule has 0 aromatic heterocycles. The van der Waals surface area contributed by atoms with Crippen LogP contribution in [0, 0.1) is 11.8 Å². The highest BCUT2D eigenvalue weighted by Gasteiger charge is 2.29. The molecular weight excluding hydrogens is 451 g/mol. The lowest BCUT2D eigenvalue weighted by atomic mass is 10.1. The SMILES string of the molecule is CCNC(=NCC1CCS(=O)(=O)C1)N1CCC(CN2CCCC2)C1.I. The number of hydrogen-bond donors (Lipinski definition) is 1. The summed E-state index contributed by atoms with van der Waals surface area (Å²) in [5.41, 5.74) is 0. The molecule has 3 saturated heterocycles. The van der Waals surface area contributed by atoms with Crippen molar-refractivity contribution in [1.29, 1.82) is 0 Å². The first-order chi connectivity index (χ1) is 11.6. The van der Waals surface area contributed by atoms with Crippen LogP contribution in [0.1, 0.15) is 32.6 Å². The van der Waals surface area contributed by atoms with E-state index in [0.29, 0.717) is 18.1 Å². The van der Waals surface area contributed by atoms with Gasteiger partial charge in [0.25, 0.3) is 0 Å². The van der Waals surface area contributed by atoms with Gasteiger partial charge >= 0.3 is 0 Å². The van der Waals surface area contributed by atoms with Crippen molar-refractivity contribution in [3.63, 3.8) is 0 Å². The van der Waals surface area contributed by atoms with Crippen molar-refractivity contribution in [2.75, 3.05) is 57.3 Å². The number of hydrogen-bond acceptors (Lipinski definition) is 4. The van der Waals surface area contributed by atoms with Crippen LogP contribution in [-0.2, 0) is 9.84 Å². The van der Waals surface area contributed by atoms with Gasteiger partial charge in [0, 0.05) is 32.7 Å². The normalized spacial score (nSPS) is 29.8. The molecule has 0 aliphatic carbocycles. The maximum Gasteiger partial charge on any atom is 0.193 e. The Labute approximate surface area is 169 Å². The molecule has 3 rings (SSSR count). The molecule has 146 valence electrons. The molecule has 3 fully saturated rings. The highest BCUT2D eigenvalue weighted by Crippen LogP contribution is 2.21. The molecule has 2 unspecified atom stereocenters. The number of sulfone groups is 1. The van der Waals surface area contributed by atoms with Crippen LogP contribution in [0.2, 0.25) is 0 Å². The first-order valence-corrected chi connectivity index (χ1v) is 11.3. The van der Waals surface area contributed by atoms with Crippen molar-refractivity contribution < 1.29 is 8.42 Å². The molecule has 0 spiro atoms. The van der Waals surface area contributed by atoms with Crippen LogP contribution in [0.5, 0.6) is 0 Å². The standard InChI is InChI=1S/C17H32N4O2S.HI/c1-2-18-17(19-11-15-6-10-24(22,23)14-15)21-9-5-16(13-21)12-20-7-3-4-8-20;/h15-16H,2-14H2,1H3,(H,18,19);1H. The topological polar surface area (TPSA) is 65.0 Å². The third kappa shape index (κ3) is 6.23. The number of halogens is 1. The highest BCUT2D eigenvalue weighted by molar-refractivity contribution is 14.0. The van der Waals surface area contributed by atoms with E-state index in [9.17, 15) is 8.42 Å². The minimum atomic E-state index is -2.81. The molecule has 8 heteroatoms. The molecule has 0 radical (unpaired) electrons. The van der Waals surface area contributed by atoms with Crippen LogP contribution in [0.25, 0.3) is 0 Å². The van der Waals surface area contributed by atoms with Crippen LogP contribution >= 0.6 is 24.0 Å². The van der Waals surface area contributed by atoms with Crippen molar-refractivity contribution in [3.05, 3.63) is 0 Å². The van der Waals surface area contributed by atoms with E-state index in [1.54, 1.807) is 0 Å². The molecule has 3 aliphatic rings. The third-order valence-electron chi connectivity index (χ3n) is 5.46. The van der Waals surface area contributed by atoms with E-state index in [1.165, 1.54) is 38.9 Å². The second kappa shape index (κ2) is 9.73. The van der Waals surface area contributed by atoms with Gasteiger partial charge in [-0.15, -0.1) is 24.0 Å². The van der Waals surface area contributed by atoms with E-state index in [0.717, 1.165) is 37.9 Å². The Balaban J connectivity index is 0.00000225. The van der Waals surface area contributed by atoms with E-state index in [2.05, 4.69) is 22.0 Å². The van der Waals surface area contributed by atoms with E-state index in [-0.39, 0.29) is 29.9 Å². The Kier molecular flexibility index (Phi) is 8.26. The molecule has 2 atom stereocenters. The van der Waals surface area contributed by atoms with Gasteiger partial charge in [0.2, 0.25) is 0 Å². The molecular formula is C17H33IN4O2S. The van der Waals surface area contributed by atoms with Gasteiger partial charge in [0.15, 0.2) is 15.8 Å². The number of rotatable bonds is 5. The van der Waals surface area contributed by atoms with Crippen molar-refractivity contribution >= 4 is 39.8 Å². The molecule has 0 aromatic rings. The average Bonchev–Trinajstić information content (AvgIpc) is 3.26. The van der Waals surface area contributed by atoms with Crippen molar-refractivity contribution in [2.45, 2.75) is 32.6 Å². The number of nitrogens with zero attached hydrogens (tertiary/aromatic N) is 3. The molecule has 6 nitrogen and oxygen atoms in total. The molecule has 0 bridgehead atoms. The largest absolute Gasteiger partial charge is 0.357 e. The summed E-state index contributed by atoms with van der Waals surface area (Å²) < 4.78 is 23.2. The minimum Gasteiger partial charge on any atom is -0.357 e. The first-order valence-electron chi connectivity index (χ1n) is 9.52. The Morgan fingerprint density at radius 2 is 1.92 bits per heavy atom. The van der Waals surface area contributed by atoms with Gasteiger partial charge < -0.3 is 15.1 Å². The van der Waals surface area contributed by atoms with Gasteiger partial charge in [0.1, 0.15) is 0 Å². The molecule has 25 heavy (non-hydrogen) atoms. The summed E-state index contributed by atoms with van der Waals surface area (Å²) >= 11 is 0. The second-order valence-corrected chi connectivity index (χ2v) is 9.80. The minimum absolute atomic E-state index is 0. The van der Waals surface area contributed by atoms with Gasteiger partial charge in [0.05, 0.1) is 11.5 Å². The van der Waals surface area contributed by atoms with Crippen molar-refractivity contribution in [2.24, 2.45) is 16.8 Å². The molecule has 3 heterocycles. The lowest BCUT2D eigenvalue weighted by Crippen LogP contribution is -2.41. The predicted molar refractivity (Wildman–Crippen MR) is 114 cm³/mol. The Morgan fingerprint density at radius 3 is 2.56 bits per heavy atom. The number of aliphatic imine (C=N–C) groups is 1. The van der Waals surface area contributed by atoms with E-state index < -0.39 is 9.84 Å². The Hall–Kier alpha value is -0.0900. The van der Waals surface area contributed by atoms with Crippen LogP contribution in [0.3, 0.4) is 0 Å². The molecule has 0 aromatic carbocycles. The lowest BCUT2D eigenvalue weighted by Gasteiger charge is -2.23. The number of guanidine groups is 1. The van der Waals surface area contributed by atoms with E-state index in [1.807, 2.05) is 0 Å². The fraction of sp³-hybridized carbons (Fsp3) is 0.941. The maximum absolute atomic E-state index is 11.6. The van der Waals surface area contributed by atoms with Crippen LogP contribution in [-0.4, -0.2) is 81.5 Å². The van der Waals surface area contributed by atoms with E-state index >= 15 is 0 Å². The third-order valence-corrected chi connectivity index (χ3v) is 7.30. The fourth-order valence-corrected chi connectivity index (χ4v) is 6.01. The van der Waals surface area contributed by atoms with Crippen LogP contribution in [0.15, 0.2) is 4.99 Å². The van der Waals surface area contributed by atoms with Crippen LogP contribution < -0.4 is 5.32 Å². The lowest BCUT2D eigenvalue weighted by molar-refractivity contribution is 0.281. The van der Waals surface area contributed by atoms with Crippen LogP contribution in [0.4, 0.5) is 0 Å². The summed E-state index contributed by atoms with van der Waals surface area (Å²) in [6.07, 6.45) is 4.71. The molecule has 0 amide bonds. The Morgan fingerprint density at radius 1 is 1.16 bits per heavy atom. The highest BCUT2D eigenvalue weighted by atomic mass is 127. The summed E-state index contributed by atoms with van der Waals surface area (Å²) in [6.45, 7) is 9.47. The number of nitrogens with one attached hydrogen (secondary N) is 1. The van der Waals surface area contributed by atoms with Gasteiger partial charge in [-0.3, -0.25) is 4.99 Å². The van der Waals surface area contributed by atoms with Gasteiger partial charge in [-0.1, -0.05) is 0 Å². The summed E-state index contributed by atoms with van der Waals surface area (Å²) in [7, 11) is -2.81. The zero-order chi connectivity index (χ0) is 17.0. The summed E-state index contributed by atoms with van der Waals surface area (Å²) in [6, 6.07) is 0. The number of likely N-dealkylation sites (tertiary alicyclic amines) is 2. The van der Waals surface area contributed by atoms with E-state index in [4.69, 9.17) is 4.99 Å². The summed E-state index contributed by atoms with van der Waals surface area (Å²) in [4.78, 5) is 9.73. The van der Waals surface area contributed by atoms with Crippen molar-refractivity contribution in [1.82, 2.24) is 15.1 Å². The molecule has 3 aliphatic heterocycles. The zero-order valence-corrected chi connectivity index (χ0v) is 18.5. The zero-order valence-electron chi connectivity index (χ0n) is 15.3. The second-order valence-electron chi connectivity index (χ2n) is 7.57. The van der Waals surface area contributed by atoms with Crippen molar-refractivity contribution in [3.8, 4) is 0 Å². The quantitative estimate of drug-likeness (QED) is 0.364. The summed E-state index contributed by atoms with van der Waals surface area (Å²) in [5, 5.41) is 3.40. The van der Waals surface area contributed by atoms with Gasteiger partial charge in [-0.05, 0) is 57.5 Å². The predicted octanol–water partition coefficient (Wildman–Crippen LogP) is 1.42. The average molecular weight is 484 g/mol. The summed E-state index contributed by atoms with van der Waals surface area (Å²) in [5.74, 6) is 2.56. The Bertz CT molecular complexity index is 549. The van der Waals surface area contributed by atoms with Gasteiger partial charge in [-0.25, -0.2) is 8.42 Å². The maximum atomic E-state index is 11.6.